The summed E-state index contributed by atoms with van der Waals surface area (Å²) in [6, 6.07) is 53.9. The standard InChI is InChI=1S/C40H26IN3O2/c1-3-7-27(8-4-1)29-11-19-33(20-12-29)37-41-42-38(45-37)34-21-13-31(14-22-34)32-17-25-36(26-18-32)40-44-43-39(46-40)35-23-15-30(16-24-35)28-9-5-2-6-10-28/h1-26H. The highest BCUT2D eigenvalue weighted by atomic mass is 127. The second-order valence-electron chi connectivity index (χ2n) is 10.8. The summed E-state index contributed by atoms with van der Waals surface area (Å²) in [6.45, 7) is 0. The maximum absolute atomic E-state index is 6.24. The van der Waals surface area contributed by atoms with Crippen molar-refractivity contribution in [2.45, 2.75) is 0 Å². The van der Waals surface area contributed by atoms with Gasteiger partial charge in [0, 0.05) is 22.3 Å². The van der Waals surface area contributed by atoms with Gasteiger partial charge in [0.1, 0.15) is 0 Å². The molecule has 1 aliphatic heterocycles. The molecule has 5 nitrogen and oxygen atoms in total. The number of benzene rings is 6. The van der Waals surface area contributed by atoms with E-state index in [9.17, 15) is 0 Å². The van der Waals surface area contributed by atoms with Crippen LogP contribution in [0.15, 0.2) is 165 Å². The Bertz CT molecular complexity index is 2170. The summed E-state index contributed by atoms with van der Waals surface area (Å²) in [5, 5.41) is 8.60. The molecule has 0 unspecified atom stereocenters. The van der Waals surface area contributed by atoms with Crippen molar-refractivity contribution >= 4 is 30.6 Å². The van der Waals surface area contributed by atoms with Gasteiger partial charge in [0.2, 0.25) is 17.7 Å². The van der Waals surface area contributed by atoms with E-state index in [1.807, 2.05) is 48.5 Å². The molecular formula is C40H26IN3O2. The van der Waals surface area contributed by atoms with Crippen LogP contribution in [0.2, 0.25) is 0 Å². The van der Waals surface area contributed by atoms with E-state index in [1.54, 1.807) is 0 Å². The lowest BCUT2D eigenvalue weighted by Gasteiger charge is -2.08. The average Bonchev–Trinajstić information content (AvgIpc) is 3.84. The number of rotatable bonds is 7. The summed E-state index contributed by atoms with van der Waals surface area (Å²) < 4.78 is 18.0. The van der Waals surface area contributed by atoms with Gasteiger partial charge in [0.05, 0.1) is 21.0 Å². The van der Waals surface area contributed by atoms with Crippen LogP contribution in [0.1, 0.15) is 11.1 Å². The molecule has 46 heavy (non-hydrogen) atoms. The van der Waals surface area contributed by atoms with Gasteiger partial charge in [-0.3, -0.25) is 0 Å². The highest BCUT2D eigenvalue weighted by Crippen LogP contribution is 2.30. The molecule has 0 amide bonds. The van der Waals surface area contributed by atoms with E-state index < -0.39 is 21.0 Å². The molecule has 1 aromatic heterocycles. The van der Waals surface area contributed by atoms with E-state index in [0.717, 1.165) is 42.6 Å². The summed E-state index contributed by atoms with van der Waals surface area (Å²) >= 11 is -0.575. The molecule has 0 spiro atoms. The quantitative estimate of drug-likeness (QED) is 0.155. The molecule has 0 atom stereocenters. The number of nitrogens with zero attached hydrogens (tertiary/aromatic N) is 3. The van der Waals surface area contributed by atoms with Crippen LogP contribution in [-0.4, -0.2) is 19.8 Å². The maximum Gasteiger partial charge on any atom is 0.248 e. The molecule has 0 saturated carbocycles. The molecule has 220 valence electrons. The van der Waals surface area contributed by atoms with Crippen LogP contribution < -0.4 is 0 Å². The van der Waals surface area contributed by atoms with Crippen molar-refractivity contribution in [3.63, 3.8) is 0 Å². The third-order valence-corrected chi connectivity index (χ3v) is 9.82. The molecule has 2 heterocycles. The van der Waals surface area contributed by atoms with Gasteiger partial charge in [-0.05, 0) is 69.8 Å². The first-order valence-electron chi connectivity index (χ1n) is 14.9. The van der Waals surface area contributed by atoms with Crippen LogP contribution in [0.25, 0.3) is 56.3 Å². The van der Waals surface area contributed by atoms with Crippen LogP contribution in [0.4, 0.5) is 0 Å². The Morgan fingerprint density at radius 2 is 0.696 bits per heavy atom. The third kappa shape index (κ3) is 5.82. The van der Waals surface area contributed by atoms with Gasteiger partial charge in [-0.1, -0.05) is 121 Å². The molecule has 0 N–H and O–H groups in total. The van der Waals surface area contributed by atoms with Crippen molar-refractivity contribution in [1.29, 1.82) is 0 Å². The number of hydrogen-bond donors (Lipinski definition) is 0. The first-order chi connectivity index (χ1) is 22.8. The number of hydrogen-bond acceptors (Lipinski definition) is 5. The molecule has 0 aliphatic carbocycles. The van der Waals surface area contributed by atoms with Crippen molar-refractivity contribution in [2.24, 2.45) is 3.21 Å². The Labute approximate surface area is 277 Å². The van der Waals surface area contributed by atoms with Gasteiger partial charge in [-0.25, -0.2) is 0 Å². The van der Waals surface area contributed by atoms with Gasteiger partial charge < -0.3 is 9.15 Å². The largest absolute Gasteiger partial charge is 0.430 e. The molecule has 0 fully saturated rings. The monoisotopic (exact) mass is 707 g/mol. The van der Waals surface area contributed by atoms with E-state index in [2.05, 4.69) is 119 Å². The Hall–Kier alpha value is -5.47. The molecule has 0 bridgehead atoms. The zero-order valence-electron chi connectivity index (χ0n) is 24.5. The molecule has 8 rings (SSSR count). The Kier molecular flexibility index (Phi) is 7.62. The maximum atomic E-state index is 6.24. The lowest BCUT2D eigenvalue weighted by Crippen LogP contribution is -2.09. The molecule has 0 saturated heterocycles. The van der Waals surface area contributed by atoms with E-state index in [4.69, 9.17) is 12.4 Å². The third-order valence-electron chi connectivity index (χ3n) is 7.86. The second kappa shape index (κ2) is 12.5. The van der Waals surface area contributed by atoms with E-state index in [1.165, 1.54) is 16.7 Å². The Morgan fingerprint density at radius 3 is 1.13 bits per heavy atom. The molecule has 6 heteroatoms. The summed E-state index contributed by atoms with van der Waals surface area (Å²) in [5.74, 6) is 1.68. The summed E-state index contributed by atoms with van der Waals surface area (Å²) in [6.07, 6.45) is 0. The normalized spacial score (nSPS) is 12.5. The first kappa shape index (κ1) is 28.0. The van der Waals surface area contributed by atoms with Crippen molar-refractivity contribution in [3.8, 4) is 56.3 Å². The SMILES string of the molecule is c1ccc(-c2ccc(C3=IN=C(c4ccc(-c5ccc(-c6nnc(-c7ccc(-c8ccccc8)cc7)o6)cc5)cc4)O3)cc2)cc1. The van der Waals surface area contributed by atoms with Crippen molar-refractivity contribution in [1.82, 2.24) is 10.2 Å². The minimum atomic E-state index is -0.575. The topological polar surface area (TPSA) is 60.5 Å². The smallest absolute Gasteiger partial charge is 0.248 e. The fourth-order valence-electron chi connectivity index (χ4n) is 5.34. The highest BCUT2D eigenvalue weighted by Gasteiger charge is 2.17. The van der Waals surface area contributed by atoms with Gasteiger partial charge in [-0.2, -0.15) is 3.21 Å². The number of aromatic nitrogens is 2. The van der Waals surface area contributed by atoms with Crippen LogP contribution in [0.3, 0.4) is 0 Å². The number of halogens is 1. The predicted molar refractivity (Wildman–Crippen MR) is 194 cm³/mol. The van der Waals surface area contributed by atoms with Crippen LogP contribution in [0.5, 0.6) is 0 Å². The van der Waals surface area contributed by atoms with Crippen LogP contribution >= 0.6 is 21.0 Å². The Balaban J connectivity index is 0.912. The Morgan fingerprint density at radius 1 is 0.348 bits per heavy atom. The second-order valence-corrected chi connectivity index (χ2v) is 12.7. The van der Waals surface area contributed by atoms with Gasteiger partial charge in [-0.15, -0.1) is 10.2 Å². The van der Waals surface area contributed by atoms with Gasteiger partial charge >= 0.3 is 0 Å². The van der Waals surface area contributed by atoms with Crippen molar-refractivity contribution in [2.75, 3.05) is 0 Å². The molecular weight excluding hydrogens is 681 g/mol. The lowest BCUT2D eigenvalue weighted by atomic mass is 10.0. The zero-order chi connectivity index (χ0) is 30.7. The molecule has 1 aliphatic rings. The number of ether oxygens (including phenoxy) is 1. The highest BCUT2D eigenvalue weighted by molar-refractivity contribution is 14.2. The predicted octanol–water partition coefficient (Wildman–Crippen LogP) is 10.2. The van der Waals surface area contributed by atoms with E-state index in [-0.39, 0.29) is 0 Å². The summed E-state index contributed by atoms with van der Waals surface area (Å²) in [7, 11) is 0. The fraction of sp³-hybridized carbons (Fsp3) is 0. The first-order valence-corrected chi connectivity index (χ1v) is 16.9. The van der Waals surface area contributed by atoms with E-state index in [0.29, 0.717) is 17.7 Å². The fourth-order valence-corrected chi connectivity index (χ4v) is 7.10. The van der Waals surface area contributed by atoms with Gasteiger partial charge in [0.25, 0.3) is 0 Å². The van der Waals surface area contributed by atoms with Crippen LogP contribution in [-0.2, 0) is 4.74 Å². The molecule has 7 aromatic rings. The van der Waals surface area contributed by atoms with Gasteiger partial charge in [0.15, 0.2) is 3.69 Å². The summed E-state index contributed by atoms with van der Waals surface area (Å²) in [4.78, 5) is 0. The summed E-state index contributed by atoms with van der Waals surface area (Å²) in [5.41, 5.74) is 10.7. The molecule has 0 radical (unpaired) electrons. The van der Waals surface area contributed by atoms with Crippen molar-refractivity contribution in [3.05, 3.63) is 169 Å². The lowest BCUT2D eigenvalue weighted by molar-refractivity contribution is 0.570. The van der Waals surface area contributed by atoms with Crippen LogP contribution in [0, 0.1) is 0 Å². The minimum Gasteiger partial charge on any atom is -0.430 e. The molecule has 6 aromatic carbocycles. The van der Waals surface area contributed by atoms with E-state index >= 15 is 0 Å². The van der Waals surface area contributed by atoms with Crippen molar-refractivity contribution < 1.29 is 9.15 Å². The minimum absolute atomic E-state index is 0.491. The average molecular weight is 708 g/mol. The zero-order valence-corrected chi connectivity index (χ0v) is 26.7.